The van der Waals surface area contributed by atoms with E-state index in [1.54, 1.807) is 0 Å². The highest BCUT2D eigenvalue weighted by Crippen LogP contribution is 2.33. The van der Waals surface area contributed by atoms with Crippen molar-refractivity contribution in [2.75, 3.05) is 6.54 Å². The molecular formula is C20H17BrN2O2. The third kappa shape index (κ3) is 3.05. The molecule has 0 spiro atoms. The summed E-state index contributed by atoms with van der Waals surface area (Å²) in [4.78, 5) is 19.1. The quantitative estimate of drug-likeness (QED) is 0.718. The molecule has 0 atom stereocenters. The summed E-state index contributed by atoms with van der Waals surface area (Å²) >= 11 is 3.50. The van der Waals surface area contributed by atoms with Crippen LogP contribution in [0.5, 0.6) is 0 Å². The number of rotatable bonds is 3. The molecule has 5 heteroatoms. The fraction of sp³-hybridized carbons (Fsp3) is 0.200. The highest BCUT2D eigenvalue weighted by molar-refractivity contribution is 9.10. The van der Waals surface area contributed by atoms with Crippen molar-refractivity contribution in [2.45, 2.75) is 19.5 Å². The minimum Gasteiger partial charge on any atom is -0.478 e. The number of aromatic carboxylic acids is 1. The van der Waals surface area contributed by atoms with Crippen LogP contribution in [0.15, 0.2) is 53.0 Å². The first-order chi connectivity index (χ1) is 12.1. The zero-order valence-electron chi connectivity index (χ0n) is 13.6. The Hall–Kier alpha value is -2.24. The lowest BCUT2D eigenvalue weighted by Gasteiger charge is -2.29. The molecule has 2 heterocycles. The lowest BCUT2D eigenvalue weighted by Crippen LogP contribution is -2.32. The van der Waals surface area contributed by atoms with Gasteiger partial charge in [-0.05, 0) is 17.7 Å². The minimum absolute atomic E-state index is 0.380. The predicted octanol–water partition coefficient (Wildman–Crippen LogP) is 4.25. The van der Waals surface area contributed by atoms with Gasteiger partial charge in [0, 0.05) is 47.2 Å². The van der Waals surface area contributed by atoms with Crippen molar-refractivity contribution in [3.8, 4) is 0 Å². The number of carboxylic acid groups (broad SMARTS) is 1. The molecule has 4 rings (SSSR count). The number of pyridine rings is 1. The number of nitrogens with zero attached hydrogens (tertiary/aromatic N) is 2. The number of carboxylic acids is 1. The third-order valence-electron chi connectivity index (χ3n) is 4.66. The highest BCUT2D eigenvalue weighted by Gasteiger charge is 2.26. The maximum absolute atomic E-state index is 12.0. The summed E-state index contributed by atoms with van der Waals surface area (Å²) in [6, 6.07) is 15.9. The van der Waals surface area contributed by atoms with Gasteiger partial charge in [-0.2, -0.15) is 0 Å². The van der Waals surface area contributed by atoms with Gasteiger partial charge < -0.3 is 5.11 Å². The summed E-state index contributed by atoms with van der Waals surface area (Å²) in [5.74, 6) is -0.892. The van der Waals surface area contributed by atoms with Gasteiger partial charge in [0.25, 0.3) is 0 Å². The highest BCUT2D eigenvalue weighted by atomic mass is 79.9. The molecule has 0 amide bonds. The molecule has 25 heavy (non-hydrogen) atoms. The van der Waals surface area contributed by atoms with E-state index in [1.165, 1.54) is 5.56 Å². The Bertz CT molecular complexity index is 957. The number of fused-ring (bicyclic) bond motifs is 2. The molecule has 2 aromatic carbocycles. The van der Waals surface area contributed by atoms with Crippen LogP contribution in [0.4, 0.5) is 0 Å². The monoisotopic (exact) mass is 396 g/mol. The fourth-order valence-corrected chi connectivity index (χ4v) is 4.07. The molecule has 0 unspecified atom stereocenters. The Morgan fingerprint density at radius 1 is 1.16 bits per heavy atom. The van der Waals surface area contributed by atoms with Crippen LogP contribution in [0.25, 0.3) is 10.9 Å². The molecule has 0 radical (unpaired) electrons. The van der Waals surface area contributed by atoms with E-state index in [0.29, 0.717) is 17.5 Å². The molecule has 3 aromatic rings. The predicted molar refractivity (Wildman–Crippen MR) is 101 cm³/mol. The summed E-state index contributed by atoms with van der Waals surface area (Å²) in [7, 11) is 0. The van der Waals surface area contributed by atoms with E-state index < -0.39 is 5.97 Å². The Kier molecular flexibility index (Phi) is 4.27. The lowest BCUT2D eigenvalue weighted by molar-refractivity contribution is 0.0695. The number of hydrogen-bond acceptors (Lipinski definition) is 3. The topological polar surface area (TPSA) is 53.4 Å². The van der Waals surface area contributed by atoms with Gasteiger partial charge in [-0.1, -0.05) is 52.3 Å². The summed E-state index contributed by atoms with van der Waals surface area (Å²) in [6.07, 6.45) is 0.769. The Balaban J connectivity index is 1.78. The van der Waals surface area contributed by atoms with E-state index in [4.69, 9.17) is 4.98 Å². The smallest absolute Gasteiger partial charge is 0.336 e. The van der Waals surface area contributed by atoms with Crippen molar-refractivity contribution in [3.63, 3.8) is 0 Å². The van der Waals surface area contributed by atoms with E-state index in [1.807, 2.05) is 36.4 Å². The summed E-state index contributed by atoms with van der Waals surface area (Å²) < 4.78 is 0.776. The van der Waals surface area contributed by atoms with E-state index in [2.05, 4.69) is 33.0 Å². The van der Waals surface area contributed by atoms with Gasteiger partial charge in [0.15, 0.2) is 0 Å². The van der Waals surface area contributed by atoms with Gasteiger partial charge in [-0.15, -0.1) is 0 Å². The maximum Gasteiger partial charge on any atom is 0.336 e. The van der Waals surface area contributed by atoms with E-state index >= 15 is 0 Å². The number of benzene rings is 2. The number of carbonyl (C=O) groups is 1. The Labute approximate surface area is 154 Å². The molecule has 1 aliphatic rings. The fourth-order valence-electron chi connectivity index (χ4n) is 3.52. The van der Waals surface area contributed by atoms with Crippen molar-refractivity contribution >= 4 is 32.8 Å². The van der Waals surface area contributed by atoms with Crippen molar-refractivity contribution in [1.82, 2.24) is 9.88 Å². The van der Waals surface area contributed by atoms with E-state index in [-0.39, 0.29) is 0 Å². The molecule has 1 N–H and O–H groups in total. The minimum atomic E-state index is -0.892. The molecule has 0 saturated carbocycles. The van der Waals surface area contributed by atoms with Crippen LogP contribution in [0.1, 0.15) is 27.2 Å². The number of hydrogen-bond donors (Lipinski definition) is 1. The van der Waals surface area contributed by atoms with Crippen LogP contribution in [0.2, 0.25) is 0 Å². The Morgan fingerprint density at radius 2 is 1.96 bits per heavy atom. The largest absolute Gasteiger partial charge is 0.478 e. The molecule has 0 bridgehead atoms. The first-order valence-corrected chi connectivity index (χ1v) is 9.02. The van der Waals surface area contributed by atoms with Crippen LogP contribution in [-0.2, 0) is 19.5 Å². The molecule has 1 aliphatic heterocycles. The normalized spacial score (nSPS) is 14.4. The maximum atomic E-state index is 12.0. The molecule has 4 nitrogen and oxygen atoms in total. The van der Waals surface area contributed by atoms with Crippen molar-refractivity contribution in [2.24, 2.45) is 0 Å². The molecule has 1 aromatic heterocycles. The van der Waals surface area contributed by atoms with E-state index in [9.17, 15) is 9.90 Å². The second-order valence-electron chi connectivity index (χ2n) is 6.30. The van der Waals surface area contributed by atoms with E-state index in [0.717, 1.165) is 40.8 Å². The second-order valence-corrected chi connectivity index (χ2v) is 7.15. The van der Waals surface area contributed by atoms with Gasteiger partial charge >= 0.3 is 5.97 Å². The molecule has 126 valence electrons. The van der Waals surface area contributed by atoms with Crippen LogP contribution in [0.3, 0.4) is 0 Å². The number of halogens is 1. The number of aromatic nitrogens is 1. The molecular weight excluding hydrogens is 380 g/mol. The first kappa shape index (κ1) is 16.2. The van der Waals surface area contributed by atoms with Crippen molar-refractivity contribution in [3.05, 3.63) is 75.4 Å². The van der Waals surface area contributed by atoms with Gasteiger partial charge in [0.1, 0.15) is 0 Å². The van der Waals surface area contributed by atoms with Gasteiger partial charge in [-0.25, -0.2) is 4.79 Å². The second kappa shape index (κ2) is 6.58. The van der Waals surface area contributed by atoms with Gasteiger partial charge in [0.2, 0.25) is 0 Å². The van der Waals surface area contributed by atoms with Crippen LogP contribution < -0.4 is 0 Å². The van der Waals surface area contributed by atoms with Crippen LogP contribution >= 0.6 is 15.9 Å². The first-order valence-electron chi connectivity index (χ1n) is 8.23. The van der Waals surface area contributed by atoms with Gasteiger partial charge in [-0.3, -0.25) is 9.88 Å². The SMILES string of the molecule is O=C(O)c1c2c(nc3cccc(Br)c13)CCN(Cc1ccccc1)C2. The van der Waals surface area contributed by atoms with Gasteiger partial charge in [0.05, 0.1) is 11.1 Å². The summed E-state index contributed by atoms with van der Waals surface area (Å²) in [6.45, 7) is 2.30. The molecule has 0 fully saturated rings. The third-order valence-corrected chi connectivity index (χ3v) is 5.32. The average molecular weight is 397 g/mol. The average Bonchev–Trinajstić information content (AvgIpc) is 2.61. The Morgan fingerprint density at radius 3 is 2.72 bits per heavy atom. The van der Waals surface area contributed by atoms with Crippen molar-refractivity contribution in [1.29, 1.82) is 0 Å². The van der Waals surface area contributed by atoms with Crippen molar-refractivity contribution < 1.29 is 9.90 Å². The molecule has 0 saturated heterocycles. The van der Waals surface area contributed by atoms with Crippen LogP contribution in [0, 0.1) is 0 Å². The summed E-state index contributed by atoms with van der Waals surface area (Å²) in [5, 5.41) is 10.6. The zero-order valence-corrected chi connectivity index (χ0v) is 15.2. The standard InChI is InChI=1S/C20H17BrN2O2/c21-15-7-4-8-17-19(15)18(20(24)25)14-12-23(10-9-16(14)22-17)11-13-5-2-1-3-6-13/h1-8H,9-12H2,(H,24,25). The van der Waals surface area contributed by atoms with Crippen LogP contribution in [-0.4, -0.2) is 27.5 Å². The zero-order chi connectivity index (χ0) is 17.4. The summed E-state index contributed by atoms with van der Waals surface area (Å²) in [5.41, 5.74) is 4.10. The lowest BCUT2D eigenvalue weighted by atomic mass is 9.95. The molecule has 0 aliphatic carbocycles.